The van der Waals surface area contributed by atoms with Crippen LogP contribution in [0.2, 0.25) is 0 Å². The summed E-state index contributed by atoms with van der Waals surface area (Å²) in [7, 11) is -1.24. The number of rotatable bonds is 19. The molecule has 0 spiro atoms. The first-order chi connectivity index (χ1) is 45.7. The predicted molar refractivity (Wildman–Crippen MR) is 338 cm³/mol. The molecule has 0 aromatic heterocycles. The van der Waals surface area contributed by atoms with Crippen LogP contribution in [-0.2, 0) is 34.0 Å². The van der Waals surface area contributed by atoms with Crippen molar-refractivity contribution in [1.82, 2.24) is 0 Å². The van der Waals surface area contributed by atoms with Crippen molar-refractivity contribution in [3.8, 4) is 46.0 Å². The number of hydrogen-bond donors (Lipinski definition) is 7. The van der Waals surface area contributed by atoms with Crippen LogP contribution in [0.4, 0.5) is 5.69 Å². The largest absolute Gasteiger partial charge is 0.504 e. The van der Waals surface area contributed by atoms with Gasteiger partial charge < -0.3 is 76.4 Å². The van der Waals surface area contributed by atoms with Gasteiger partial charge in [0.05, 0.1) is 84.7 Å². The molecule has 1 aliphatic heterocycles. The molecule has 0 saturated carbocycles. The van der Waals surface area contributed by atoms with Crippen LogP contribution in [0.25, 0.3) is 0 Å². The number of benzene rings is 5. The quantitative estimate of drug-likeness (QED) is 0.0237. The number of aldehydes is 2. The second kappa shape index (κ2) is 46.0. The topological polar surface area (TPSA) is 401 Å². The number of sulfone groups is 2. The summed E-state index contributed by atoms with van der Waals surface area (Å²) in [6.07, 6.45) is 3.29. The fourth-order valence-corrected chi connectivity index (χ4v) is 7.76. The molecule has 1 amide bonds. The molecule has 0 radical (unpaired) electrons. The molecule has 0 aliphatic carbocycles. The van der Waals surface area contributed by atoms with Gasteiger partial charge in [-0.15, -0.1) is 0 Å². The molecule has 1 unspecified atom stereocenters. The maximum atomic E-state index is 11.3. The molecular weight excluding hydrogens is 1170 g/mol. The maximum Gasteiger partial charge on any atom is 0.349 e. The Balaban J connectivity index is -0.000000574. The first-order valence-electron chi connectivity index (χ1n) is 31.7. The molecule has 6 rings (SSSR count). The van der Waals surface area contributed by atoms with E-state index in [1.807, 2.05) is 13.8 Å². The number of carbonyl (C=O) groups is 6. The second-order valence-electron chi connectivity index (χ2n) is 16.3. The third-order valence-electron chi connectivity index (χ3n) is 9.33. The minimum absolute atomic E-state index is 0. The van der Waals surface area contributed by atoms with E-state index in [0.717, 1.165) is 32.5 Å². The van der Waals surface area contributed by atoms with E-state index in [0.29, 0.717) is 40.7 Å². The summed E-state index contributed by atoms with van der Waals surface area (Å²) in [6.45, 7) is -10.0. The lowest BCUT2D eigenvalue weighted by molar-refractivity contribution is -0.134. The number of anilines is 1. The number of aliphatic carboxylic acids is 1. The highest BCUT2D eigenvalue weighted by molar-refractivity contribution is 7.90. The molecule has 2 atom stereocenters. The Morgan fingerprint density at radius 3 is 1.31 bits per heavy atom. The molecule has 0 fully saturated rings. The van der Waals surface area contributed by atoms with Crippen molar-refractivity contribution in [3.05, 3.63) is 124 Å². The number of aromatic hydroxyl groups is 1. The zero-order valence-electron chi connectivity index (χ0n) is 63.2. The number of fused-ring (bicyclic) bond motifs is 1. The van der Waals surface area contributed by atoms with Crippen molar-refractivity contribution >= 4 is 61.7 Å². The number of carboxylic acids is 1. The summed E-state index contributed by atoms with van der Waals surface area (Å²) < 4.78 is 193. The van der Waals surface area contributed by atoms with Gasteiger partial charge in [0.1, 0.15) is 32.2 Å². The lowest BCUT2D eigenvalue weighted by Crippen LogP contribution is -2.20. The Morgan fingerprint density at radius 2 is 0.977 bits per heavy atom. The van der Waals surface area contributed by atoms with Gasteiger partial charge in [-0.2, -0.15) is 0 Å². The lowest BCUT2D eigenvalue weighted by atomic mass is 10.1. The summed E-state index contributed by atoms with van der Waals surface area (Å²) in [5.74, 6) is -2.94. The van der Waals surface area contributed by atoms with E-state index in [4.69, 9.17) is 91.7 Å². The van der Waals surface area contributed by atoms with Gasteiger partial charge in [0, 0.05) is 61.9 Å². The SMILES string of the molecule is C.C.CC(=O)Nc1cccc2c1C(=O)OC2=O.CC(=O)O.CCN.CCN.COc1ccc(C=O)cc1O.[2H]C([2H])([2H])C([2H])([2H])Oc1cc(C(N)CS(C)(=O)=O)ccc1OC.[2H]C([2H])([2H])C([2H])([2H])Oc1cc(C=O)ccc1OC.[2H]C([2H])([2H])C([2H])([2H])Oc1cc([C@H](N)CS(C)(=O)=O)ccc1OC. The van der Waals surface area contributed by atoms with Crippen LogP contribution >= 0.6 is 0 Å². The van der Waals surface area contributed by atoms with E-state index in [1.165, 1.54) is 102 Å². The molecule has 1 heterocycles. The van der Waals surface area contributed by atoms with Gasteiger partial charge in [-0.3, -0.25) is 19.2 Å². The Kier molecular flexibility index (Phi) is 31.2. The van der Waals surface area contributed by atoms with E-state index < -0.39 is 89.9 Å². The number of phenolic OH excluding ortho intramolecular Hbond substituents is 1. The van der Waals surface area contributed by atoms with Gasteiger partial charge in [0.15, 0.2) is 46.0 Å². The number of carboxylic acid groups (broad SMARTS) is 1. The molecule has 25 nitrogen and oxygen atoms in total. The molecule has 0 bridgehead atoms. The number of cyclic esters (lactones) is 2. The Labute approximate surface area is 533 Å². The minimum Gasteiger partial charge on any atom is -0.504 e. The number of ether oxygens (including phenoxy) is 8. The predicted octanol–water partition coefficient (Wildman–Crippen LogP) is 7.65. The van der Waals surface area contributed by atoms with E-state index in [1.54, 1.807) is 24.3 Å². The molecule has 27 heteroatoms. The summed E-state index contributed by atoms with van der Waals surface area (Å²) in [5, 5.41) is 19.0. The summed E-state index contributed by atoms with van der Waals surface area (Å²) >= 11 is 0. The van der Waals surface area contributed by atoms with Crippen LogP contribution in [-0.4, -0.2) is 149 Å². The van der Waals surface area contributed by atoms with Crippen LogP contribution in [0.15, 0.2) is 91.0 Å². The number of nitrogens with two attached hydrogens (primary N) is 4. The number of esters is 2. The molecule has 488 valence electrons. The van der Waals surface area contributed by atoms with Crippen LogP contribution in [0.1, 0.15) is 148 Å². The average molecular weight is 1280 g/mol. The van der Waals surface area contributed by atoms with Crippen molar-refractivity contribution in [3.63, 3.8) is 0 Å². The second-order valence-corrected chi connectivity index (χ2v) is 20.7. The summed E-state index contributed by atoms with van der Waals surface area (Å²) in [5.41, 5.74) is 23.3. The molecule has 5 aromatic carbocycles. The third-order valence-corrected chi connectivity index (χ3v) is 11.3. The fourth-order valence-electron chi connectivity index (χ4n) is 6.07. The van der Waals surface area contributed by atoms with E-state index >= 15 is 0 Å². The zero-order valence-corrected chi connectivity index (χ0v) is 49.8. The number of nitrogens with one attached hydrogen (secondary N) is 1. The first kappa shape index (κ1) is 59.0. The maximum absolute atomic E-state index is 11.3. The molecule has 5 aromatic rings. The van der Waals surface area contributed by atoms with Crippen molar-refractivity contribution in [2.24, 2.45) is 22.9 Å². The molecule has 87 heavy (non-hydrogen) atoms. The van der Waals surface area contributed by atoms with Crippen LogP contribution < -0.4 is 61.4 Å². The fraction of sp³-hybridized carbons (Fsp3) is 0.400. The first-order valence-corrected chi connectivity index (χ1v) is 28.3. The van der Waals surface area contributed by atoms with Crippen molar-refractivity contribution < 1.29 is 114 Å². The highest BCUT2D eigenvalue weighted by Crippen LogP contribution is 2.32. The van der Waals surface area contributed by atoms with Gasteiger partial charge in [-0.05, 0) is 118 Å². The average Bonchev–Trinajstić information content (AvgIpc) is 1.53. The monoisotopic (exact) mass is 1280 g/mol. The van der Waals surface area contributed by atoms with Gasteiger partial charge in [0.25, 0.3) is 5.97 Å². The normalized spacial score (nSPS) is 14.5. The number of amides is 1. The third kappa shape index (κ3) is 35.0. The van der Waals surface area contributed by atoms with Crippen LogP contribution in [0.5, 0.6) is 46.0 Å². The Morgan fingerprint density at radius 1 is 0.621 bits per heavy atom. The van der Waals surface area contributed by atoms with Crippen molar-refractivity contribution in [2.45, 2.75) is 75.2 Å². The van der Waals surface area contributed by atoms with Gasteiger partial charge >= 0.3 is 11.9 Å². The Bertz CT molecular complexity index is 3620. The zero-order chi connectivity index (χ0) is 78.3. The number of phenols is 1. The van der Waals surface area contributed by atoms with Gasteiger partial charge in [-0.25, -0.2) is 26.4 Å². The van der Waals surface area contributed by atoms with Crippen molar-refractivity contribution in [1.29, 1.82) is 0 Å². The Hall–Kier alpha value is -8.34. The highest BCUT2D eigenvalue weighted by Gasteiger charge is 2.32. The van der Waals surface area contributed by atoms with E-state index in [-0.39, 0.29) is 89.2 Å². The van der Waals surface area contributed by atoms with Crippen LogP contribution in [0, 0.1) is 0 Å². The molecular formula is C60H91N5O20S2. The number of carbonyl (C=O) groups excluding carboxylic acids is 5. The molecule has 11 N–H and O–H groups in total. The van der Waals surface area contributed by atoms with Crippen molar-refractivity contribution in [2.75, 3.05) is 90.5 Å². The minimum atomic E-state index is -3.32. The van der Waals surface area contributed by atoms with Crippen LogP contribution in [0.3, 0.4) is 0 Å². The highest BCUT2D eigenvalue weighted by atomic mass is 32.2. The van der Waals surface area contributed by atoms with Gasteiger partial charge in [-0.1, -0.05) is 46.9 Å². The lowest BCUT2D eigenvalue weighted by Gasteiger charge is -2.15. The number of hydrogen-bond acceptors (Lipinski definition) is 23. The summed E-state index contributed by atoms with van der Waals surface area (Å²) in [6, 6.07) is 19.8. The summed E-state index contributed by atoms with van der Waals surface area (Å²) in [4.78, 5) is 63.1. The number of methoxy groups -OCH3 is 4. The van der Waals surface area contributed by atoms with Gasteiger partial charge in [0.2, 0.25) is 5.91 Å². The van der Waals surface area contributed by atoms with E-state index in [9.17, 15) is 40.8 Å². The molecule has 0 saturated heterocycles. The smallest absolute Gasteiger partial charge is 0.349 e. The van der Waals surface area contributed by atoms with E-state index in [2.05, 4.69) is 10.1 Å². The molecule has 1 aliphatic rings. The standard InChI is InChI=1S/2C12H19NO4S.C10H7NO4.C10H12O3.C8H8O3.2C2H7N.C2H4O2.2CH4/c2*1-4-17-12-7-9(5-6-11(12)16-2)10(13)8-18(3,14)15;1-5(12)11-7-4-2-3-6-8(7)10(14)15-9(6)13;1-3-13-10-6-8(7-11)4-5-9(10)12-2;1-11-8-3-2-6(5-9)4-7(8)10;2*1-2-3;1-2(3)4;;/h2*5-7,10H,4,8,13H2,1-3H3;2-4H,1H3,(H,11,12);4-7H,3H2,1-2H3;2-5,10H,1H3;2*2-3H2,1H3;1H3,(H,3,4);2*1H4/t10-;;;;;;;;;/m1........./s1/i2*1D3,4D2;;1D3,3D2;;;;;;.